The summed E-state index contributed by atoms with van der Waals surface area (Å²) in [5.74, 6) is -0.241. The van der Waals surface area contributed by atoms with Gasteiger partial charge in [-0.05, 0) is 31.5 Å². The first-order valence-electron chi connectivity index (χ1n) is 6.40. The SMILES string of the molecule is CNC(=O)C(C)(C)CNS(=O)(=O)c1ccc(CC#N)cc1. The zero-order valence-electron chi connectivity index (χ0n) is 12.3. The molecule has 0 radical (unpaired) electrons. The lowest BCUT2D eigenvalue weighted by molar-refractivity contribution is -0.128. The van der Waals surface area contributed by atoms with E-state index in [2.05, 4.69) is 10.0 Å². The van der Waals surface area contributed by atoms with Crippen molar-refractivity contribution >= 4 is 15.9 Å². The zero-order chi connectivity index (χ0) is 16.1. The van der Waals surface area contributed by atoms with E-state index in [0.29, 0.717) is 0 Å². The summed E-state index contributed by atoms with van der Waals surface area (Å²) in [6, 6.07) is 8.09. The summed E-state index contributed by atoms with van der Waals surface area (Å²) in [4.78, 5) is 11.7. The smallest absolute Gasteiger partial charge is 0.240 e. The van der Waals surface area contributed by atoms with Crippen LogP contribution in [0.2, 0.25) is 0 Å². The van der Waals surface area contributed by atoms with E-state index in [1.54, 1.807) is 26.0 Å². The fourth-order valence-electron chi connectivity index (χ4n) is 1.66. The summed E-state index contributed by atoms with van der Waals surface area (Å²) < 4.78 is 26.7. The van der Waals surface area contributed by atoms with Gasteiger partial charge in [-0.25, -0.2) is 13.1 Å². The van der Waals surface area contributed by atoms with Crippen LogP contribution in [0, 0.1) is 16.7 Å². The molecule has 21 heavy (non-hydrogen) atoms. The van der Waals surface area contributed by atoms with Gasteiger partial charge in [-0.15, -0.1) is 0 Å². The van der Waals surface area contributed by atoms with E-state index in [4.69, 9.17) is 5.26 Å². The van der Waals surface area contributed by atoms with E-state index >= 15 is 0 Å². The summed E-state index contributed by atoms with van der Waals surface area (Å²) in [5, 5.41) is 11.1. The molecule has 1 rings (SSSR count). The predicted octanol–water partition coefficient (Wildman–Crippen LogP) is 0.803. The van der Waals surface area contributed by atoms with Crippen LogP contribution in [0.3, 0.4) is 0 Å². The van der Waals surface area contributed by atoms with Gasteiger partial charge >= 0.3 is 0 Å². The van der Waals surface area contributed by atoms with Crippen LogP contribution in [-0.2, 0) is 21.2 Å². The highest BCUT2D eigenvalue weighted by Gasteiger charge is 2.28. The molecule has 114 valence electrons. The number of sulfonamides is 1. The molecule has 1 aromatic rings. The number of nitrogens with zero attached hydrogens (tertiary/aromatic N) is 1. The Balaban J connectivity index is 2.83. The lowest BCUT2D eigenvalue weighted by Gasteiger charge is -2.22. The van der Waals surface area contributed by atoms with Gasteiger partial charge in [0.2, 0.25) is 15.9 Å². The third-order valence-corrected chi connectivity index (χ3v) is 4.48. The molecule has 0 aromatic heterocycles. The maximum absolute atomic E-state index is 12.2. The van der Waals surface area contributed by atoms with Crippen LogP contribution in [0.5, 0.6) is 0 Å². The maximum Gasteiger partial charge on any atom is 0.240 e. The van der Waals surface area contributed by atoms with Crippen LogP contribution < -0.4 is 10.0 Å². The minimum absolute atomic E-state index is 0.00501. The fourth-order valence-corrected chi connectivity index (χ4v) is 2.87. The normalized spacial score (nSPS) is 11.7. The first-order valence-corrected chi connectivity index (χ1v) is 7.89. The zero-order valence-corrected chi connectivity index (χ0v) is 13.1. The fraction of sp³-hybridized carbons (Fsp3) is 0.429. The Morgan fingerprint density at radius 1 is 1.29 bits per heavy atom. The van der Waals surface area contributed by atoms with Crippen LogP contribution in [0.1, 0.15) is 19.4 Å². The van der Waals surface area contributed by atoms with Gasteiger partial charge in [-0.3, -0.25) is 4.79 Å². The average Bonchev–Trinajstić information content (AvgIpc) is 2.45. The standard InChI is InChI=1S/C14H19N3O3S/c1-14(2,13(18)16-3)10-17-21(19,20)12-6-4-11(5-7-12)8-9-15/h4-7,17H,8,10H2,1-3H3,(H,16,18). The molecule has 0 heterocycles. The Kier molecular flexibility index (Phi) is 5.47. The average molecular weight is 309 g/mol. The molecule has 0 unspecified atom stereocenters. The quantitative estimate of drug-likeness (QED) is 0.812. The third kappa shape index (κ3) is 4.55. The number of amides is 1. The van der Waals surface area contributed by atoms with Gasteiger partial charge in [0, 0.05) is 13.6 Å². The lowest BCUT2D eigenvalue weighted by atomic mass is 9.93. The van der Waals surface area contributed by atoms with E-state index < -0.39 is 15.4 Å². The van der Waals surface area contributed by atoms with Gasteiger partial charge in [0.15, 0.2) is 0 Å². The van der Waals surface area contributed by atoms with Crippen LogP contribution in [-0.4, -0.2) is 27.9 Å². The summed E-state index contributed by atoms with van der Waals surface area (Å²) in [5.41, 5.74) is -0.0927. The van der Waals surface area contributed by atoms with Crippen molar-refractivity contribution in [2.45, 2.75) is 25.2 Å². The van der Waals surface area contributed by atoms with Crippen molar-refractivity contribution in [3.05, 3.63) is 29.8 Å². The molecule has 0 fully saturated rings. The number of carbonyl (C=O) groups excluding carboxylic acids is 1. The van der Waals surface area contributed by atoms with Gasteiger partial charge in [0.05, 0.1) is 22.8 Å². The summed E-state index contributed by atoms with van der Waals surface area (Å²) >= 11 is 0. The van der Waals surface area contributed by atoms with Crippen LogP contribution in [0.4, 0.5) is 0 Å². The topological polar surface area (TPSA) is 99.1 Å². The summed E-state index contributed by atoms with van der Waals surface area (Å²) in [6.45, 7) is 3.31. The highest BCUT2D eigenvalue weighted by atomic mass is 32.2. The largest absolute Gasteiger partial charge is 0.359 e. The Hall–Kier alpha value is -1.91. The molecule has 0 saturated carbocycles. The second kappa shape index (κ2) is 6.70. The van der Waals surface area contributed by atoms with E-state index in [9.17, 15) is 13.2 Å². The summed E-state index contributed by atoms with van der Waals surface area (Å²) in [6.07, 6.45) is 0.234. The third-order valence-electron chi connectivity index (χ3n) is 3.06. The minimum atomic E-state index is -3.68. The van der Waals surface area contributed by atoms with Crippen LogP contribution in [0.25, 0.3) is 0 Å². The molecule has 7 heteroatoms. The molecule has 0 aliphatic heterocycles. The molecular formula is C14H19N3O3S. The van der Waals surface area contributed by atoms with Gasteiger partial charge < -0.3 is 5.32 Å². The van der Waals surface area contributed by atoms with Crippen molar-refractivity contribution in [3.8, 4) is 6.07 Å². The Morgan fingerprint density at radius 2 is 1.86 bits per heavy atom. The van der Waals surface area contributed by atoms with E-state index in [1.165, 1.54) is 19.2 Å². The Bertz CT molecular complexity index is 643. The molecule has 0 saturated heterocycles. The van der Waals surface area contributed by atoms with Crippen molar-refractivity contribution in [2.75, 3.05) is 13.6 Å². The monoisotopic (exact) mass is 309 g/mol. The predicted molar refractivity (Wildman–Crippen MR) is 78.8 cm³/mol. The molecule has 0 aliphatic carbocycles. The van der Waals surface area contributed by atoms with Crippen LogP contribution in [0.15, 0.2) is 29.2 Å². The maximum atomic E-state index is 12.2. The first kappa shape index (κ1) is 17.1. The van der Waals surface area contributed by atoms with E-state index in [0.717, 1.165) is 5.56 Å². The van der Waals surface area contributed by atoms with E-state index in [-0.39, 0.29) is 23.8 Å². The molecule has 1 aromatic carbocycles. The van der Waals surface area contributed by atoms with Crippen molar-refractivity contribution < 1.29 is 13.2 Å². The molecule has 2 N–H and O–H groups in total. The Morgan fingerprint density at radius 3 is 2.33 bits per heavy atom. The first-order chi connectivity index (χ1) is 9.73. The lowest BCUT2D eigenvalue weighted by Crippen LogP contribution is -2.43. The van der Waals surface area contributed by atoms with Gasteiger partial charge in [0.25, 0.3) is 0 Å². The van der Waals surface area contributed by atoms with Gasteiger partial charge in [-0.1, -0.05) is 12.1 Å². The molecular weight excluding hydrogens is 290 g/mol. The second-order valence-electron chi connectivity index (χ2n) is 5.27. The number of carbonyl (C=O) groups is 1. The number of rotatable bonds is 6. The van der Waals surface area contributed by atoms with E-state index in [1.807, 2.05) is 6.07 Å². The van der Waals surface area contributed by atoms with Gasteiger partial charge in [-0.2, -0.15) is 5.26 Å². The molecule has 1 amide bonds. The number of nitriles is 1. The number of hydrogen-bond donors (Lipinski definition) is 2. The molecule has 0 aliphatic rings. The summed E-state index contributed by atoms with van der Waals surface area (Å²) in [7, 11) is -2.17. The Labute approximate surface area is 125 Å². The second-order valence-corrected chi connectivity index (χ2v) is 7.03. The number of hydrogen-bond acceptors (Lipinski definition) is 4. The molecule has 0 spiro atoms. The molecule has 0 atom stereocenters. The number of nitrogens with one attached hydrogen (secondary N) is 2. The van der Waals surface area contributed by atoms with Crippen LogP contribution >= 0.6 is 0 Å². The highest BCUT2D eigenvalue weighted by molar-refractivity contribution is 7.89. The molecule has 6 nitrogen and oxygen atoms in total. The highest BCUT2D eigenvalue weighted by Crippen LogP contribution is 2.16. The van der Waals surface area contributed by atoms with Crippen molar-refractivity contribution in [1.82, 2.24) is 10.0 Å². The number of benzene rings is 1. The van der Waals surface area contributed by atoms with Gasteiger partial charge in [0.1, 0.15) is 0 Å². The molecule has 0 bridgehead atoms. The van der Waals surface area contributed by atoms with Crippen molar-refractivity contribution in [1.29, 1.82) is 5.26 Å². The van der Waals surface area contributed by atoms with Crippen molar-refractivity contribution in [2.24, 2.45) is 5.41 Å². The van der Waals surface area contributed by atoms with Crippen molar-refractivity contribution in [3.63, 3.8) is 0 Å². The minimum Gasteiger partial charge on any atom is -0.359 e.